The summed E-state index contributed by atoms with van der Waals surface area (Å²) in [5, 5.41) is 13.4. The first kappa shape index (κ1) is 19.9. The number of benzene rings is 2. The number of halogens is 2. The summed E-state index contributed by atoms with van der Waals surface area (Å²) in [4.78, 5) is 0. The van der Waals surface area contributed by atoms with Crippen LogP contribution in [0.25, 0.3) is 0 Å². The van der Waals surface area contributed by atoms with Crippen LogP contribution < -0.4 is 14.8 Å². The Kier molecular flexibility index (Phi) is 8.35. The van der Waals surface area contributed by atoms with Gasteiger partial charge in [0.25, 0.3) is 0 Å². The van der Waals surface area contributed by atoms with Gasteiger partial charge in [0.15, 0.2) is 11.5 Å². The average molecular weight is 384 g/mol. The van der Waals surface area contributed by atoms with Crippen LogP contribution in [0, 0.1) is 0 Å². The summed E-state index contributed by atoms with van der Waals surface area (Å²) in [6, 6.07) is 11.2. The molecule has 0 amide bonds. The highest BCUT2D eigenvalue weighted by Crippen LogP contribution is 2.32. The lowest BCUT2D eigenvalue weighted by Crippen LogP contribution is -2.16. The molecule has 0 heterocycles. The minimum absolute atomic E-state index is 0.219. The van der Waals surface area contributed by atoms with Gasteiger partial charge in [0.05, 0.1) is 7.11 Å². The van der Waals surface area contributed by atoms with Crippen molar-refractivity contribution >= 4 is 23.2 Å². The van der Waals surface area contributed by atoms with Gasteiger partial charge in [-0.05, 0) is 37.6 Å². The predicted octanol–water partition coefficient (Wildman–Crippen LogP) is 4.44. The zero-order valence-corrected chi connectivity index (χ0v) is 15.7. The summed E-state index contributed by atoms with van der Waals surface area (Å²) >= 11 is 12.1. The van der Waals surface area contributed by atoms with Crippen LogP contribution in [0.5, 0.6) is 11.5 Å². The smallest absolute Gasteiger partial charge is 0.166 e. The van der Waals surface area contributed by atoms with Gasteiger partial charge < -0.3 is 19.9 Å². The summed E-state index contributed by atoms with van der Waals surface area (Å²) < 4.78 is 11.4. The van der Waals surface area contributed by atoms with Crippen molar-refractivity contribution in [2.75, 3.05) is 20.3 Å². The largest absolute Gasteiger partial charge is 0.493 e. The second kappa shape index (κ2) is 10.5. The number of ether oxygens (including phenoxy) is 2. The van der Waals surface area contributed by atoms with E-state index in [4.69, 9.17) is 37.8 Å². The minimum atomic E-state index is 0.219. The topological polar surface area (TPSA) is 50.7 Å². The van der Waals surface area contributed by atoms with Gasteiger partial charge >= 0.3 is 0 Å². The third-order valence-electron chi connectivity index (χ3n) is 3.74. The van der Waals surface area contributed by atoms with E-state index in [1.807, 2.05) is 24.3 Å². The first-order valence-corrected chi connectivity index (χ1v) is 8.95. The molecular formula is C19H23Cl2NO3. The molecule has 0 unspecified atom stereocenters. The van der Waals surface area contributed by atoms with Crippen molar-refractivity contribution in [1.29, 1.82) is 0 Å². The molecule has 136 valence electrons. The molecule has 0 aliphatic rings. The van der Waals surface area contributed by atoms with Gasteiger partial charge in [-0.15, -0.1) is 0 Å². The summed E-state index contributed by atoms with van der Waals surface area (Å²) in [5.41, 5.74) is 1.87. The van der Waals surface area contributed by atoms with E-state index in [1.165, 1.54) is 0 Å². The van der Waals surface area contributed by atoms with Crippen molar-refractivity contribution in [2.45, 2.75) is 26.0 Å². The lowest BCUT2D eigenvalue weighted by molar-refractivity contribution is 0.279. The van der Waals surface area contributed by atoms with Crippen LogP contribution in [0.15, 0.2) is 36.4 Å². The average Bonchev–Trinajstić information content (AvgIpc) is 2.61. The number of aliphatic hydroxyl groups is 1. The third-order valence-corrected chi connectivity index (χ3v) is 4.33. The molecule has 0 aromatic heterocycles. The Morgan fingerprint density at radius 1 is 1.08 bits per heavy atom. The summed E-state index contributed by atoms with van der Waals surface area (Å²) in [6.07, 6.45) is 1.72. The Morgan fingerprint density at radius 2 is 1.92 bits per heavy atom. The van der Waals surface area contributed by atoms with Crippen LogP contribution in [-0.2, 0) is 13.2 Å². The molecule has 0 atom stereocenters. The molecule has 0 saturated carbocycles. The monoisotopic (exact) mass is 383 g/mol. The van der Waals surface area contributed by atoms with Crippen LogP contribution in [0.3, 0.4) is 0 Å². The van der Waals surface area contributed by atoms with Gasteiger partial charge in [-0.25, -0.2) is 0 Å². The molecule has 0 saturated heterocycles. The minimum Gasteiger partial charge on any atom is -0.493 e. The lowest BCUT2D eigenvalue weighted by Gasteiger charge is -2.16. The van der Waals surface area contributed by atoms with E-state index in [2.05, 4.69) is 5.32 Å². The molecule has 2 rings (SSSR count). The molecule has 0 aliphatic carbocycles. The maximum absolute atomic E-state index is 8.83. The Labute approximate surface area is 158 Å². The highest BCUT2D eigenvalue weighted by Gasteiger charge is 2.12. The Balaban J connectivity index is 2.06. The Bertz CT molecular complexity index is 680. The molecular weight excluding hydrogens is 361 g/mol. The van der Waals surface area contributed by atoms with Crippen LogP contribution >= 0.6 is 23.2 Å². The van der Waals surface area contributed by atoms with Gasteiger partial charge in [0.1, 0.15) is 6.61 Å². The fraction of sp³-hybridized carbons (Fsp3) is 0.368. The van der Waals surface area contributed by atoms with Crippen molar-refractivity contribution in [2.24, 2.45) is 0 Å². The number of rotatable bonds is 10. The highest BCUT2D eigenvalue weighted by molar-refractivity contribution is 6.35. The lowest BCUT2D eigenvalue weighted by atomic mass is 10.1. The first-order valence-electron chi connectivity index (χ1n) is 8.20. The van der Waals surface area contributed by atoms with Gasteiger partial charge in [-0.1, -0.05) is 41.4 Å². The molecule has 0 radical (unpaired) electrons. The normalized spacial score (nSPS) is 10.7. The second-order valence-corrected chi connectivity index (χ2v) is 6.42. The fourth-order valence-electron chi connectivity index (χ4n) is 2.40. The van der Waals surface area contributed by atoms with E-state index in [0.29, 0.717) is 34.7 Å². The van der Waals surface area contributed by atoms with E-state index in [-0.39, 0.29) is 6.61 Å². The maximum Gasteiger partial charge on any atom is 0.166 e. The van der Waals surface area contributed by atoms with Crippen LogP contribution in [0.2, 0.25) is 10.0 Å². The van der Waals surface area contributed by atoms with E-state index in [0.717, 1.165) is 30.5 Å². The fourth-order valence-corrected chi connectivity index (χ4v) is 2.86. The molecule has 2 aromatic carbocycles. The molecule has 0 fully saturated rings. The Morgan fingerprint density at radius 3 is 2.64 bits per heavy atom. The molecule has 0 spiro atoms. The number of para-hydroxylation sites is 1. The van der Waals surface area contributed by atoms with Gasteiger partial charge in [0, 0.05) is 34.3 Å². The molecule has 2 N–H and O–H groups in total. The highest BCUT2D eigenvalue weighted by atomic mass is 35.5. The first-order chi connectivity index (χ1) is 12.2. The molecule has 0 bridgehead atoms. The standard InChI is InChI=1S/C19H23Cl2NO3/c1-24-18-6-4-5-14(12-22-9-2-3-10-23)19(18)25-13-15-7-8-16(20)11-17(15)21/h4-8,11,22-23H,2-3,9-10,12-13H2,1H3. The second-order valence-electron chi connectivity index (χ2n) is 5.58. The van der Waals surface area contributed by atoms with Gasteiger partial charge in [-0.3, -0.25) is 0 Å². The SMILES string of the molecule is COc1cccc(CNCCCCO)c1OCc1ccc(Cl)cc1Cl. The van der Waals surface area contributed by atoms with Gasteiger partial charge in [0.2, 0.25) is 0 Å². The van der Waals surface area contributed by atoms with E-state index in [1.54, 1.807) is 19.2 Å². The summed E-state index contributed by atoms with van der Waals surface area (Å²) in [7, 11) is 1.62. The molecule has 0 aliphatic heterocycles. The number of methoxy groups -OCH3 is 1. The summed E-state index contributed by atoms with van der Waals surface area (Å²) in [5.74, 6) is 1.38. The molecule has 4 nitrogen and oxygen atoms in total. The number of nitrogens with one attached hydrogen (secondary N) is 1. The van der Waals surface area contributed by atoms with Crippen molar-refractivity contribution in [1.82, 2.24) is 5.32 Å². The number of aliphatic hydroxyl groups excluding tert-OH is 1. The van der Waals surface area contributed by atoms with E-state index in [9.17, 15) is 0 Å². The van der Waals surface area contributed by atoms with Crippen LogP contribution in [0.1, 0.15) is 24.0 Å². The van der Waals surface area contributed by atoms with Crippen molar-refractivity contribution < 1.29 is 14.6 Å². The third kappa shape index (κ3) is 6.08. The predicted molar refractivity (Wildman–Crippen MR) is 102 cm³/mol. The summed E-state index contributed by atoms with van der Waals surface area (Å²) in [6.45, 7) is 2.04. The number of hydrogen-bond acceptors (Lipinski definition) is 4. The number of unbranched alkanes of at least 4 members (excludes halogenated alkanes) is 1. The number of hydrogen-bond donors (Lipinski definition) is 2. The van der Waals surface area contributed by atoms with Crippen molar-refractivity contribution in [3.05, 3.63) is 57.6 Å². The van der Waals surface area contributed by atoms with E-state index < -0.39 is 0 Å². The maximum atomic E-state index is 8.83. The van der Waals surface area contributed by atoms with E-state index >= 15 is 0 Å². The zero-order chi connectivity index (χ0) is 18.1. The molecule has 6 heteroatoms. The Hall–Kier alpha value is -1.46. The quantitative estimate of drug-likeness (QED) is 0.595. The van der Waals surface area contributed by atoms with Crippen molar-refractivity contribution in [3.63, 3.8) is 0 Å². The molecule has 25 heavy (non-hydrogen) atoms. The van der Waals surface area contributed by atoms with Crippen LogP contribution in [-0.4, -0.2) is 25.4 Å². The zero-order valence-electron chi connectivity index (χ0n) is 14.2. The van der Waals surface area contributed by atoms with Gasteiger partial charge in [-0.2, -0.15) is 0 Å². The van der Waals surface area contributed by atoms with Crippen molar-refractivity contribution in [3.8, 4) is 11.5 Å². The molecule has 2 aromatic rings. The van der Waals surface area contributed by atoms with Crippen LogP contribution in [0.4, 0.5) is 0 Å².